The number of nitriles is 1. The van der Waals surface area contributed by atoms with Gasteiger partial charge in [-0.3, -0.25) is 4.79 Å². The van der Waals surface area contributed by atoms with Crippen molar-refractivity contribution in [1.29, 1.82) is 5.26 Å². The predicted molar refractivity (Wildman–Crippen MR) is 104 cm³/mol. The van der Waals surface area contributed by atoms with E-state index in [1.54, 1.807) is 13.3 Å². The summed E-state index contributed by atoms with van der Waals surface area (Å²) in [6.45, 7) is 4.16. The van der Waals surface area contributed by atoms with Crippen LogP contribution in [0.15, 0.2) is 12.3 Å². The Labute approximate surface area is 166 Å². The molecular weight excluding hydrogens is 356 g/mol. The van der Waals surface area contributed by atoms with Gasteiger partial charge in [0.15, 0.2) is 0 Å². The molecule has 0 aromatic carbocycles. The van der Waals surface area contributed by atoms with Gasteiger partial charge < -0.3 is 19.3 Å². The van der Waals surface area contributed by atoms with Gasteiger partial charge in [-0.2, -0.15) is 5.26 Å². The quantitative estimate of drug-likeness (QED) is 0.793. The summed E-state index contributed by atoms with van der Waals surface area (Å²) < 4.78 is 11.0. The molecule has 1 aromatic rings. The van der Waals surface area contributed by atoms with Gasteiger partial charge in [-0.15, -0.1) is 0 Å². The summed E-state index contributed by atoms with van der Waals surface area (Å²) >= 11 is 0. The molecule has 1 spiro atoms. The van der Waals surface area contributed by atoms with Gasteiger partial charge in [0.05, 0.1) is 18.9 Å². The fraction of sp³-hybridized carbons (Fsp3) is 0.667. The van der Waals surface area contributed by atoms with Gasteiger partial charge in [-0.1, -0.05) is 0 Å². The highest BCUT2D eigenvalue weighted by Crippen LogP contribution is 2.42. The number of aromatic nitrogens is 1. The highest BCUT2D eigenvalue weighted by atomic mass is 16.5. The molecule has 0 bridgehead atoms. The molecule has 7 heteroatoms. The van der Waals surface area contributed by atoms with Gasteiger partial charge in [-0.25, -0.2) is 4.98 Å². The number of rotatable bonds is 4. The van der Waals surface area contributed by atoms with Crippen molar-refractivity contribution in [2.24, 2.45) is 5.41 Å². The number of pyridine rings is 1. The maximum absolute atomic E-state index is 12.5. The van der Waals surface area contributed by atoms with Crippen LogP contribution >= 0.6 is 0 Å². The van der Waals surface area contributed by atoms with Gasteiger partial charge in [0, 0.05) is 45.4 Å². The molecular formula is C21H28N4O3. The third-order valence-electron chi connectivity index (χ3n) is 6.56. The van der Waals surface area contributed by atoms with Gasteiger partial charge in [-0.05, 0) is 43.6 Å². The average molecular weight is 384 g/mol. The molecule has 150 valence electrons. The Morgan fingerprint density at radius 2 is 2.21 bits per heavy atom. The van der Waals surface area contributed by atoms with Crippen LogP contribution in [-0.2, 0) is 9.53 Å². The Kier molecular flexibility index (Phi) is 5.40. The zero-order valence-electron chi connectivity index (χ0n) is 16.5. The third-order valence-corrected chi connectivity index (χ3v) is 6.56. The van der Waals surface area contributed by atoms with Crippen molar-refractivity contribution in [1.82, 2.24) is 9.88 Å². The molecule has 28 heavy (non-hydrogen) atoms. The van der Waals surface area contributed by atoms with E-state index in [2.05, 4.69) is 16.0 Å². The van der Waals surface area contributed by atoms with Gasteiger partial charge in [0.2, 0.25) is 11.8 Å². The Balaban J connectivity index is 1.43. The van der Waals surface area contributed by atoms with E-state index in [0.29, 0.717) is 17.9 Å². The van der Waals surface area contributed by atoms with Crippen LogP contribution in [0.1, 0.15) is 44.1 Å². The molecule has 4 heterocycles. The SMILES string of the molecule is COc1nccc(N2CCC3(CCC(=O)N(C[C@H]4CCCO4)C3)CC2)c1C#N. The van der Waals surface area contributed by atoms with Crippen molar-refractivity contribution in [3.05, 3.63) is 17.8 Å². The molecule has 1 amide bonds. The maximum atomic E-state index is 12.5. The molecule has 3 fully saturated rings. The second kappa shape index (κ2) is 7.96. The van der Waals surface area contributed by atoms with Crippen LogP contribution in [0.2, 0.25) is 0 Å². The molecule has 4 rings (SSSR count). The monoisotopic (exact) mass is 384 g/mol. The smallest absolute Gasteiger partial charge is 0.233 e. The summed E-state index contributed by atoms with van der Waals surface area (Å²) in [5, 5.41) is 9.55. The van der Waals surface area contributed by atoms with Crippen LogP contribution in [-0.4, -0.2) is 61.8 Å². The van der Waals surface area contributed by atoms with Gasteiger partial charge >= 0.3 is 0 Å². The van der Waals surface area contributed by atoms with E-state index < -0.39 is 0 Å². The zero-order valence-corrected chi connectivity index (χ0v) is 16.5. The van der Waals surface area contributed by atoms with Crippen LogP contribution in [0.5, 0.6) is 5.88 Å². The molecule has 3 saturated heterocycles. The number of methoxy groups -OCH3 is 1. The number of carbonyl (C=O) groups is 1. The number of carbonyl (C=O) groups excluding carboxylic acids is 1. The first-order valence-corrected chi connectivity index (χ1v) is 10.2. The first kappa shape index (κ1) is 19.0. The largest absolute Gasteiger partial charge is 0.480 e. The topological polar surface area (TPSA) is 78.7 Å². The number of hydrogen-bond donors (Lipinski definition) is 0. The lowest BCUT2D eigenvalue weighted by atomic mass is 9.72. The normalized spacial score (nSPS) is 24.4. The predicted octanol–water partition coefficient (Wildman–Crippen LogP) is 2.35. The maximum Gasteiger partial charge on any atom is 0.233 e. The number of anilines is 1. The fourth-order valence-electron chi connectivity index (χ4n) is 4.89. The van der Waals surface area contributed by atoms with Gasteiger partial charge in [0.25, 0.3) is 0 Å². The first-order chi connectivity index (χ1) is 13.6. The lowest BCUT2D eigenvalue weighted by Gasteiger charge is -2.48. The lowest BCUT2D eigenvalue weighted by Crippen LogP contribution is -2.53. The van der Waals surface area contributed by atoms with E-state index >= 15 is 0 Å². The average Bonchev–Trinajstić information content (AvgIpc) is 3.24. The lowest BCUT2D eigenvalue weighted by molar-refractivity contribution is -0.140. The highest BCUT2D eigenvalue weighted by Gasteiger charge is 2.42. The van der Waals surface area contributed by atoms with E-state index in [1.807, 2.05) is 11.0 Å². The highest BCUT2D eigenvalue weighted by molar-refractivity contribution is 5.77. The van der Waals surface area contributed by atoms with Crippen LogP contribution in [0, 0.1) is 16.7 Å². The number of amides is 1. The van der Waals surface area contributed by atoms with E-state index in [4.69, 9.17) is 9.47 Å². The summed E-state index contributed by atoms with van der Waals surface area (Å²) in [5.41, 5.74) is 1.58. The number of likely N-dealkylation sites (tertiary alicyclic amines) is 1. The first-order valence-electron chi connectivity index (χ1n) is 10.2. The van der Waals surface area contributed by atoms with Crippen LogP contribution < -0.4 is 9.64 Å². The summed E-state index contributed by atoms with van der Waals surface area (Å²) in [4.78, 5) is 20.9. The molecule has 0 N–H and O–H groups in total. The van der Waals surface area contributed by atoms with Crippen molar-refractivity contribution in [2.45, 2.75) is 44.6 Å². The Morgan fingerprint density at radius 1 is 1.39 bits per heavy atom. The minimum atomic E-state index is 0.187. The molecule has 1 atom stereocenters. The van der Waals surface area contributed by atoms with E-state index in [9.17, 15) is 10.1 Å². The second-order valence-electron chi connectivity index (χ2n) is 8.22. The summed E-state index contributed by atoms with van der Waals surface area (Å²) in [6, 6.07) is 4.14. The van der Waals surface area contributed by atoms with Crippen molar-refractivity contribution < 1.29 is 14.3 Å². The zero-order chi connectivity index (χ0) is 19.6. The van der Waals surface area contributed by atoms with Crippen molar-refractivity contribution in [2.75, 3.05) is 44.8 Å². The molecule has 0 aliphatic carbocycles. The van der Waals surface area contributed by atoms with E-state index in [1.165, 1.54) is 0 Å². The van der Waals surface area contributed by atoms with Gasteiger partial charge in [0.1, 0.15) is 11.6 Å². The van der Waals surface area contributed by atoms with Crippen LogP contribution in [0.25, 0.3) is 0 Å². The summed E-state index contributed by atoms with van der Waals surface area (Å²) in [6.07, 6.45) is 7.72. The molecule has 0 unspecified atom stereocenters. The number of hydrogen-bond acceptors (Lipinski definition) is 6. The molecule has 7 nitrogen and oxygen atoms in total. The number of piperidine rings is 2. The Morgan fingerprint density at radius 3 is 2.89 bits per heavy atom. The van der Waals surface area contributed by atoms with Crippen LogP contribution in [0.4, 0.5) is 5.69 Å². The summed E-state index contributed by atoms with van der Waals surface area (Å²) in [5.74, 6) is 0.653. The third kappa shape index (κ3) is 3.66. The Bertz CT molecular complexity index is 761. The van der Waals surface area contributed by atoms with Crippen molar-refractivity contribution >= 4 is 11.6 Å². The van der Waals surface area contributed by atoms with Crippen molar-refractivity contribution in [3.63, 3.8) is 0 Å². The van der Waals surface area contributed by atoms with Crippen LogP contribution in [0.3, 0.4) is 0 Å². The fourth-order valence-corrected chi connectivity index (χ4v) is 4.89. The van der Waals surface area contributed by atoms with E-state index in [0.717, 1.165) is 70.6 Å². The molecule has 0 radical (unpaired) electrons. The molecule has 3 aliphatic heterocycles. The molecule has 0 saturated carbocycles. The molecule has 1 aromatic heterocycles. The molecule has 3 aliphatic rings. The number of nitrogens with zero attached hydrogens (tertiary/aromatic N) is 4. The number of ether oxygens (including phenoxy) is 2. The van der Waals surface area contributed by atoms with E-state index in [-0.39, 0.29) is 17.4 Å². The minimum absolute atomic E-state index is 0.187. The van der Waals surface area contributed by atoms with Crippen molar-refractivity contribution in [3.8, 4) is 11.9 Å². The minimum Gasteiger partial charge on any atom is -0.480 e. The second-order valence-corrected chi connectivity index (χ2v) is 8.22. The summed E-state index contributed by atoms with van der Waals surface area (Å²) in [7, 11) is 1.54. The Hall–Kier alpha value is -2.33. The standard InChI is InChI=1S/C21H28N4O3/c1-27-20-17(13-22)18(5-9-23-20)24-10-7-21(8-11-24)6-4-19(26)25(15-21)14-16-3-2-12-28-16/h5,9,16H,2-4,6-8,10-12,14-15H2,1H3/t16-/m1/s1.